The van der Waals surface area contributed by atoms with E-state index < -0.39 is 9.84 Å². The fourth-order valence-electron chi connectivity index (χ4n) is 3.10. The van der Waals surface area contributed by atoms with Crippen molar-refractivity contribution < 1.29 is 8.42 Å². The zero-order chi connectivity index (χ0) is 18.3. The van der Waals surface area contributed by atoms with Crippen molar-refractivity contribution in [3.8, 4) is 22.4 Å². The number of fused-ring (bicyclic) bond motifs is 1. The van der Waals surface area contributed by atoms with Crippen LogP contribution >= 0.6 is 0 Å². The minimum atomic E-state index is -3.22. The molecule has 5 heteroatoms. The summed E-state index contributed by atoms with van der Waals surface area (Å²) in [5, 5.41) is 4.79. The van der Waals surface area contributed by atoms with Gasteiger partial charge in [-0.25, -0.2) is 12.9 Å². The first-order chi connectivity index (χ1) is 12.4. The Balaban J connectivity index is 1.98. The zero-order valence-corrected chi connectivity index (χ0v) is 15.4. The van der Waals surface area contributed by atoms with E-state index in [9.17, 15) is 8.42 Å². The first-order valence-corrected chi connectivity index (χ1v) is 10.2. The minimum Gasteiger partial charge on any atom is -0.239 e. The third-order valence-electron chi connectivity index (χ3n) is 4.40. The van der Waals surface area contributed by atoms with Crippen molar-refractivity contribution in [2.45, 2.75) is 11.8 Å². The molecule has 0 fully saturated rings. The van der Waals surface area contributed by atoms with E-state index in [2.05, 4.69) is 12.1 Å². The molecule has 4 nitrogen and oxygen atoms in total. The Bertz CT molecular complexity index is 1190. The van der Waals surface area contributed by atoms with Gasteiger partial charge in [-0.05, 0) is 36.2 Å². The van der Waals surface area contributed by atoms with Crippen molar-refractivity contribution >= 4 is 15.4 Å². The predicted molar refractivity (Wildman–Crippen MR) is 104 cm³/mol. The van der Waals surface area contributed by atoms with Gasteiger partial charge in [-0.15, -0.1) is 0 Å². The molecule has 0 saturated heterocycles. The second kappa shape index (κ2) is 6.11. The summed E-state index contributed by atoms with van der Waals surface area (Å²) in [6, 6.07) is 21.1. The van der Waals surface area contributed by atoms with E-state index in [1.807, 2.05) is 60.1 Å². The normalized spacial score (nSPS) is 11.8. The second-order valence-corrected chi connectivity index (χ2v) is 8.44. The van der Waals surface area contributed by atoms with E-state index in [-0.39, 0.29) is 0 Å². The summed E-state index contributed by atoms with van der Waals surface area (Å²) in [6.45, 7) is 2.03. The summed E-state index contributed by atoms with van der Waals surface area (Å²) in [7, 11) is -3.22. The Morgan fingerprint density at radius 3 is 2.19 bits per heavy atom. The van der Waals surface area contributed by atoms with Crippen LogP contribution in [0, 0.1) is 6.92 Å². The Morgan fingerprint density at radius 2 is 1.54 bits per heavy atom. The molecule has 2 aromatic heterocycles. The smallest absolute Gasteiger partial charge is 0.175 e. The Hall–Kier alpha value is -2.92. The maximum Gasteiger partial charge on any atom is 0.175 e. The maximum atomic E-state index is 11.8. The molecule has 0 saturated carbocycles. The van der Waals surface area contributed by atoms with Gasteiger partial charge in [-0.2, -0.15) is 5.10 Å². The third-order valence-corrected chi connectivity index (χ3v) is 5.52. The topological polar surface area (TPSA) is 51.4 Å². The van der Waals surface area contributed by atoms with E-state index in [0.29, 0.717) is 4.90 Å². The van der Waals surface area contributed by atoms with Gasteiger partial charge in [0.2, 0.25) is 0 Å². The number of sulfone groups is 1. The van der Waals surface area contributed by atoms with Gasteiger partial charge in [0.15, 0.2) is 9.84 Å². The first-order valence-electron chi connectivity index (χ1n) is 8.28. The van der Waals surface area contributed by atoms with Gasteiger partial charge < -0.3 is 0 Å². The molecule has 0 aliphatic rings. The van der Waals surface area contributed by atoms with Crippen LogP contribution in [0.15, 0.2) is 77.8 Å². The highest BCUT2D eigenvalue weighted by molar-refractivity contribution is 7.90. The Kier molecular flexibility index (Phi) is 3.89. The van der Waals surface area contributed by atoms with Crippen LogP contribution in [0.4, 0.5) is 0 Å². The van der Waals surface area contributed by atoms with Gasteiger partial charge in [0.05, 0.1) is 10.4 Å². The van der Waals surface area contributed by atoms with Gasteiger partial charge in [-0.3, -0.25) is 0 Å². The van der Waals surface area contributed by atoms with Gasteiger partial charge in [0.1, 0.15) is 5.69 Å². The van der Waals surface area contributed by atoms with Crippen LogP contribution in [0.2, 0.25) is 0 Å². The van der Waals surface area contributed by atoms with Crippen molar-refractivity contribution in [3.63, 3.8) is 0 Å². The van der Waals surface area contributed by atoms with Gasteiger partial charge in [0, 0.05) is 23.6 Å². The summed E-state index contributed by atoms with van der Waals surface area (Å²) in [6.07, 6.45) is 3.21. The standard InChI is InChI=1S/C21H18N2O2S/c1-15-8-13-19-20(16-9-11-18(12-10-16)26(2,24)25)21(22-23(19)14-15)17-6-4-3-5-7-17/h3-14H,1-2H3. The summed E-state index contributed by atoms with van der Waals surface area (Å²) < 4.78 is 25.4. The van der Waals surface area contributed by atoms with Gasteiger partial charge in [-0.1, -0.05) is 48.5 Å². The molecule has 2 aromatic carbocycles. The second-order valence-electron chi connectivity index (χ2n) is 6.42. The number of nitrogens with zero attached hydrogens (tertiary/aromatic N) is 2. The molecule has 0 aliphatic heterocycles. The van der Waals surface area contributed by atoms with Crippen molar-refractivity contribution in [3.05, 3.63) is 78.5 Å². The summed E-state index contributed by atoms with van der Waals surface area (Å²) in [5.41, 5.74) is 5.95. The van der Waals surface area contributed by atoms with Crippen LogP contribution in [0.3, 0.4) is 0 Å². The highest BCUT2D eigenvalue weighted by Crippen LogP contribution is 2.35. The van der Waals surface area contributed by atoms with Crippen LogP contribution in [0.5, 0.6) is 0 Å². The number of benzene rings is 2. The Labute approximate surface area is 152 Å². The van der Waals surface area contributed by atoms with Crippen LogP contribution in [-0.2, 0) is 9.84 Å². The predicted octanol–water partition coefficient (Wildman–Crippen LogP) is 4.38. The fourth-order valence-corrected chi connectivity index (χ4v) is 3.73. The molecular weight excluding hydrogens is 344 g/mol. The maximum absolute atomic E-state index is 11.8. The number of hydrogen-bond donors (Lipinski definition) is 0. The number of aromatic nitrogens is 2. The number of aryl methyl sites for hydroxylation is 1. The summed E-state index contributed by atoms with van der Waals surface area (Å²) in [4.78, 5) is 0.315. The highest BCUT2D eigenvalue weighted by atomic mass is 32.2. The quantitative estimate of drug-likeness (QED) is 0.543. The van der Waals surface area contributed by atoms with Crippen molar-refractivity contribution in [2.75, 3.05) is 6.26 Å². The Morgan fingerprint density at radius 1 is 0.846 bits per heavy atom. The van der Waals surface area contributed by atoms with E-state index in [1.165, 1.54) is 6.26 Å². The van der Waals surface area contributed by atoms with Crippen molar-refractivity contribution in [2.24, 2.45) is 0 Å². The monoisotopic (exact) mass is 362 g/mol. The molecule has 2 heterocycles. The van der Waals surface area contributed by atoms with Gasteiger partial charge in [0.25, 0.3) is 0 Å². The van der Waals surface area contributed by atoms with Crippen LogP contribution in [-0.4, -0.2) is 24.3 Å². The zero-order valence-electron chi connectivity index (χ0n) is 14.5. The molecule has 0 bridgehead atoms. The van der Waals surface area contributed by atoms with Crippen LogP contribution in [0.25, 0.3) is 27.9 Å². The van der Waals surface area contributed by atoms with E-state index in [1.54, 1.807) is 12.1 Å². The molecule has 0 spiro atoms. The third kappa shape index (κ3) is 2.91. The summed E-state index contributed by atoms with van der Waals surface area (Å²) in [5.74, 6) is 0. The van der Waals surface area contributed by atoms with Crippen LogP contribution < -0.4 is 0 Å². The lowest BCUT2D eigenvalue weighted by molar-refractivity contribution is 0.602. The molecular formula is C21H18N2O2S. The molecule has 0 aliphatic carbocycles. The largest absolute Gasteiger partial charge is 0.239 e. The fraction of sp³-hybridized carbons (Fsp3) is 0.0952. The molecule has 130 valence electrons. The van der Waals surface area contributed by atoms with E-state index >= 15 is 0 Å². The molecule has 0 amide bonds. The molecule has 0 radical (unpaired) electrons. The minimum absolute atomic E-state index is 0.315. The molecule has 0 N–H and O–H groups in total. The lowest BCUT2D eigenvalue weighted by Crippen LogP contribution is -1.96. The molecule has 0 unspecified atom stereocenters. The SMILES string of the molecule is Cc1ccc2c(-c3ccc(S(C)(=O)=O)cc3)c(-c3ccccc3)nn2c1. The van der Waals surface area contributed by atoms with E-state index in [0.717, 1.165) is 33.5 Å². The number of hydrogen-bond acceptors (Lipinski definition) is 3. The molecule has 4 rings (SSSR count). The van der Waals surface area contributed by atoms with E-state index in [4.69, 9.17) is 5.10 Å². The lowest BCUT2D eigenvalue weighted by atomic mass is 10.00. The van der Waals surface area contributed by atoms with Crippen molar-refractivity contribution in [1.82, 2.24) is 9.61 Å². The summed E-state index contributed by atoms with van der Waals surface area (Å²) >= 11 is 0. The average Bonchev–Trinajstić information content (AvgIpc) is 3.00. The van der Waals surface area contributed by atoms with Crippen LogP contribution in [0.1, 0.15) is 5.56 Å². The highest BCUT2D eigenvalue weighted by Gasteiger charge is 2.17. The van der Waals surface area contributed by atoms with Gasteiger partial charge >= 0.3 is 0 Å². The lowest BCUT2D eigenvalue weighted by Gasteiger charge is -2.05. The first kappa shape index (κ1) is 16.5. The average molecular weight is 362 g/mol. The molecule has 4 aromatic rings. The van der Waals surface area contributed by atoms with Crippen molar-refractivity contribution in [1.29, 1.82) is 0 Å². The number of pyridine rings is 1. The molecule has 26 heavy (non-hydrogen) atoms. The molecule has 0 atom stereocenters. The number of rotatable bonds is 3.